The van der Waals surface area contributed by atoms with Gasteiger partial charge in [0.05, 0.1) is 0 Å². The summed E-state index contributed by atoms with van der Waals surface area (Å²) in [5.74, 6) is -0.0380. The number of nitrogens with two attached hydrogens (primary N) is 1. The second-order valence-electron chi connectivity index (χ2n) is 3.77. The molecule has 0 aliphatic carbocycles. The lowest BCUT2D eigenvalue weighted by molar-refractivity contribution is -0.121. The van der Waals surface area contributed by atoms with E-state index < -0.39 is 11.9 Å². The number of amides is 1. The normalized spacial score (nSPS) is 12.3. The smallest absolute Gasteiger partial charge is 0.244 e. The third kappa shape index (κ3) is 2.48. The van der Waals surface area contributed by atoms with Crippen molar-refractivity contribution >= 4 is 17.5 Å². The predicted molar refractivity (Wildman–Crippen MR) is 66.8 cm³/mol. The molecule has 2 N–H and O–H groups in total. The fourth-order valence-electron chi connectivity index (χ4n) is 1.55. The van der Waals surface area contributed by atoms with Gasteiger partial charge in [-0.25, -0.2) is 0 Å². The molecule has 7 heteroatoms. The Morgan fingerprint density at radius 3 is 2.67 bits per heavy atom. The average Bonchev–Trinajstić information content (AvgIpc) is 2.80. The Balaban J connectivity index is 2.30. The first-order chi connectivity index (χ1) is 8.61. The van der Waals surface area contributed by atoms with E-state index in [-0.39, 0.29) is 0 Å². The highest BCUT2D eigenvalue weighted by Gasteiger charge is 2.18. The van der Waals surface area contributed by atoms with Crippen LogP contribution in [0, 0.1) is 0 Å². The average molecular weight is 266 g/mol. The monoisotopic (exact) mass is 265 g/mol. The van der Waals surface area contributed by atoms with Crippen molar-refractivity contribution < 1.29 is 4.79 Å². The molecule has 0 saturated heterocycles. The summed E-state index contributed by atoms with van der Waals surface area (Å²) >= 11 is 5.80. The van der Waals surface area contributed by atoms with Crippen LogP contribution >= 0.6 is 11.6 Å². The summed E-state index contributed by atoms with van der Waals surface area (Å²) in [5, 5.41) is 12.5. The number of carbonyl (C=O) groups excluding carboxylic acids is 1. The molecule has 1 atom stereocenters. The van der Waals surface area contributed by atoms with Crippen molar-refractivity contribution in [1.29, 1.82) is 0 Å². The molecule has 0 saturated carbocycles. The molecule has 2 rings (SSSR count). The van der Waals surface area contributed by atoms with Crippen molar-refractivity contribution in [3.05, 3.63) is 29.3 Å². The Morgan fingerprint density at radius 2 is 2.11 bits per heavy atom. The lowest BCUT2D eigenvalue weighted by atomic mass is 10.2. The zero-order chi connectivity index (χ0) is 13.1. The summed E-state index contributed by atoms with van der Waals surface area (Å²) in [4.78, 5) is 12.4. The molecule has 2 aromatic rings. The number of hydrogen-bond acceptors (Lipinski definition) is 4. The first-order valence-corrected chi connectivity index (χ1v) is 5.84. The predicted octanol–water partition coefficient (Wildman–Crippen LogP) is 1.43. The largest absolute Gasteiger partial charge is 0.368 e. The summed E-state index contributed by atoms with van der Waals surface area (Å²) in [6, 6.07) is 6.48. The molecule has 0 radical (unpaired) electrons. The second kappa shape index (κ2) is 5.14. The van der Waals surface area contributed by atoms with Crippen molar-refractivity contribution in [3.63, 3.8) is 0 Å². The third-order valence-corrected chi connectivity index (χ3v) is 2.78. The molecule has 0 unspecified atom stereocenters. The fraction of sp³-hybridized carbons (Fsp3) is 0.273. The van der Waals surface area contributed by atoms with Gasteiger partial charge in [-0.1, -0.05) is 18.5 Å². The van der Waals surface area contributed by atoms with E-state index in [4.69, 9.17) is 17.3 Å². The quantitative estimate of drug-likeness (QED) is 0.906. The summed E-state index contributed by atoms with van der Waals surface area (Å²) < 4.78 is 0. The number of benzene rings is 1. The molecule has 1 heterocycles. The highest BCUT2D eigenvalue weighted by atomic mass is 35.5. The van der Waals surface area contributed by atoms with Crippen LogP contribution in [0.5, 0.6) is 0 Å². The van der Waals surface area contributed by atoms with E-state index >= 15 is 0 Å². The van der Waals surface area contributed by atoms with Crippen LogP contribution < -0.4 is 5.73 Å². The molecule has 6 nitrogen and oxygen atoms in total. The molecule has 18 heavy (non-hydrogen) atoms. The lowest BCUT2D eigenvalue weighted by Crippen LogP contribution is -2.27. The maximum atomic E-state index is 11.2. The highest BCUT2D eigenvalue weighted by Crippen LogP contribution is 2.18. The van der Waals surface area contributed by atoms with Gasteiger partial charge in [-0.15, -0.1) is 10.2 Å². The van der Waals surface area contributed by atoms with Gasteiger partial charge in [-0.3, -0.25) is 4.79 Å². The van der Waals surface area contributed by atoms with Gasteiger partial charge < -0.3 is 5.73 Å². The van der Waals surface area contributed by atoms with Crippen LogP contribution in [0.25, 0.3) is 11.4 Å². The van der Waals surface area contributed by atoms with Crippen LogP contribution in [-0.2, 0) is 4.79 Å². The Hall–Kier alpha value is -1.95. The minimum atomic E-state index is -0.571. The van der Waals surface area contributed by atoms with Crippen molar-refractivity contribution in [2.24, 2.45) is 5.73 Å². The Labute approximate surface area is 109 Å². The van der Waals surface area contributed by atoms with Gasteiger partial charge in [0, 0.05) is 10.6 Å². The van der Waals surface area contributed by atoms with Gasteiger partial charge in [0.15, 0.2) is 6.04 Å². The van der Waals surface area contributed by atoms with Crippen molar-refractivity contribution in [2.45, 2.75) is 19.4 Å². The summed E-state index contributed by atoms with van der Waals surface area (Å²) in [6.07, 6.45) is 0.520. The molecule has 1 aromatic heterocycles. The summed E-state index contributed by atoms with van der Waals surface area (Å²) in [6.45, 7) is 1.83. The first kappa shape index (κ1) is 12.5. The van der Waals surface area contributed by atoms with E-state index in [0.29, 0.717) is 17.3 Å². The van der Waals surface area contributed by atoms with Crippen LogP contribution in [0.2, 0.25) is 5.02 Å². The maximum absolute atomic E-state index is 11.2. The van der Waals surface area contributed by atoms with Crippen LogP contribution in [0.15, 0.2) is 24.3 Å². The fourth-order valence-corrected chi connectivity index (χ4v) is 1.68. The second-order valence-corrected chi connectivity index (χ2v) is 4.20. The molecule has 0 fully saturated rings. The zero-order valence-corrected chi connectivity index (χ0v) is 10.5. The van der Waals surface area contributed by atoms with Crippen LogP contribution in [-0.4, -0.2) is 26.1 Å². The Bertz CT molecular complexity index is 551. The molecule has 0 aliphatic rings. The number of rotatable bonds is 4. The van der Waals surface area contributed by atoms with Crippen molar-refractivity contribution in [2.75, 3.05) is 0 Å². The van der Waals surface area contributed by atoms with Gasteiger partial charge in [0.2, 0.25) is 11.7 Å². The number of nitrogens with zero attached hydrogens (tertiary/aromatic N) is 4. The van der Waals surface area contributed by atoms with Crippen LogP contribution in [0.3, 0.4) is 0 Å². The van der Waals surface area contributed by atoms with Gasteiger partial charge in [-0.05, 0) is 35.9 Å². The molecular formula is C11H12ClN5O. The van der Waals surface area contributed by atoms with E-state index in [1.54, 1.807) is 24.3 Å². The van der Waals surface area contributed by atoms with E-state index in [1.165, 1.54) is 4.80 Å². The molecule has 0 spiro atoms. The van der Waals surface area contributed by atoms with E-state index in [9.17, 15) is 4.79 Å². The van der Waals surface area contributed by atoms with Crippen LogP contribution in [0.4, 0.5) is 0 Å². The lowest BCUT2D eigenvalue weighted by Gasteiger charge is -2.07. The molecule has 94 valence electrons. The molecule has 0 bridgehead atoms. The van der Waals surface area contributed by atoms with E-state index in [1.807, 2.05) is 6.92 Å². The van der Waals surface area contributed by atoms with Crippen molar-refractivity contribution in [1.82, 2.24) is 20.2 Å². The van der Waals surface area contributed by atoms with Gasteiger partial charge in [0.25, 0.3) is 0 Å². The minimum Gasteiger partial charge on any atom is -0.368 e. The highest BCUT2D eigenvalue weighted by molar-refractivity contribution is 6.30. The third-order valence-electron chi connectivity index (χ3n) is 2.52. The Morgan fingerprint density at radius 1 is 1.44 bits per heavy atom. The summed E-state index contributed by atoms with van der Waals surface area (Å²) in [5.41, 5.74) is 6.04. The SMILES string of the molecule is CC[C@@H](C(N)=O)n1nnc(-c2ccc(Cl)cc2)n1. The molecule has 0 aliphatic heterocycles. The number of carbonyl (C=O) groups is 1. The number of primary amides is 1. The van der Waals surface area contributed by atoms with E-state index in [2.05, 4.69) is 15.4 Å². The number of tetrazole rings is 1. The zero-order valence-electron chi connectivity index (χ0n) is 9.75. The standard InChI is InChI=1S/C11H12ClN5O/c1-2-9(10(13)18)17-15-11(14-16-17)7-3-5-8(12)6-4-7/h3-6,9H,2H2,1H3,(H2,13,18)/t9-/m0/s1. The van der Waals surface area contributed by atoms with Gasteiger partial charge >= 0.3 is 0 Å². The first-order valence-electron chi connectivity index (χ1n) is 5.46. The Kier molecular flexibility index (Phi) is 3.57. The van der Waals surface area contributed by atoms with Crippen molar-refractivity contribution in [3.8, 4) is 11.4 Å². The minimum absolute atomic E-state index is 0.436. The molecule has 1 amide bonds. The number of hydrogen-bond donors (Lipinski definition) is 1. The van der Waals surface area contributed by atoms with Gasteiger partial charge in [-0.2, -0.15) is 4.80 Å². The molecular weight excluding hydrogens is 254 g/mol. The van der Waals surface area contributed by atoms with Crippen LogP contribution in [0.1, 0.15) is 19.4 Å². The number of aromatic nitrogens is 4. The number of halogens is 1. The van der Waals surface area contributed by atoms with E-state index in [0.717, 1.165) is 5.56 Å². The topological polar surface area (TPSA) is 86.7 Å². The molecule has 1 aromatic carbocycles. The van der Waals surface area contributed by atoms with Gasteiger partial charge in [0.1, 0.15) is 0 Å². The maximum Gasteiger partial charge on any atom is 0.244 e. The summed E-state index contributed by atoms with van der Waals surface area (Å²) in [7, 11) is 0.